The van der Waals surface area contributed by atoms with Crippen molar-refractivity contribution in [1.29, 1.82) is 0 Å². The Labute approximate surface area is 87.5 Å². The molecule has 0 aliphatic rings. The molecule has 0 radical (unpaired) electrons. The first-order chi connectivity index (χ1) is 6.84. The maximum Gasteiger partial charge on any atom is 0.226 e. The summed E-state index contributed by atoms with van der Waals surface area (Å²) in [5.41, 5.74) is 2.20. The Morgan fingerprint density at radius 1 is 1.14 bits per heavy atom. The predicted octanol–water partition coefficient (Wildman–Crippen LogP) is 3.11. The third-order valence-corrected chi connectivity index (χ3v) is 2.22. The number of halogens is 1. The monoisotopic (exact) mass is 207 g/mol. The summed E-state index contributed by atoms with van der Waals surface area (Å²) in [7, 11) is 0. The van der Waals surface area contributed by atoms with Crippen LogP contribution in [0.5, 0.6) is 0 Å². The van der Waals surface area contributed by atoms with Gasteiger partial charge in [0.05, 0.1) is 5.69 Å². The summed E-state index contributed by atoms with van der Waals surface area (Å²) >= 11 is 5.61. The van der Waals surface area contributed by atoms with Crippen molar-refractivity contribution in [3.05, 3.63) is 52.9 Å². The number of aryl methyl sites for hydroxylation is 2. The van der Waals surface area contributed by atoms with Gasteiger partial charge in [0.25, 0.3) is 0 Å². The molecule has 0 amide bonds. The lowest BCUT2D eigenvalue weighted by Gasteiger charge is -1.96. The molecule has 0 aliphatic heterocycles. The molecule has 0 saturated heterocycles. The van der Waals surface area contributed by atoms with Gasteiger partial charge in [-0.15, -0.1) is 0 Å². The minimum atomic E-state index is 0.355. The van der Waals surface area contributed by atoms with E-state index in [-0.39, 0.29) is 0 Å². The molecule has 0 atom stereocenters. The Morgan fingerprint density at radius 3 is 2.57 bits per heavy atom. The predicted molar refractivity (Wildman–Crippen MR) is 55.4 cm³/mol. The molecule has 0 bridgehead atoms. The number of rotatable bonds is 3. The summed E-state index contributed by atoms with van der Waals surface area (Å²) in [5.74, 6) is 0. The van der Waals surface area contributed by atoms with Crippen molar-refractivity contribution in [3.8, 4) is 0 Å². The number of nitrogens with zero attached hydrogens (tertiary/aromatic N) is 1. The molecule has 1 heterocycles. The van der Waals surface area contributed by atoms with Crippen LogP contribution in [0.3, 0.4) is 0 Å². The summed E-state index contributed by atoms with van der Waals surface area (Å²) in [4.78, 5) is 0. The van der Waals surface area contributed by atoms with Gasteiger partial charge in [-0.2, -0.15) is 0 Å². The van der Waals surface area contributed by atoms with Crippen LogP contribution in [0.4, 0.5) is 0 Å². The lowest BCUT2D eigenvalue weighted by molar-refractivity contribution is 0.413. The average molecular weight is 208 g/mol. The van der Waals surface area contributed by atoms with Crippen LogP contribution in [-0.4, -0.2) is 5.16 Å². The van der Waals surface area contributed by atoms with Crippen molar-refractivity contribution in [2.24, 2.45) is 0 Å². The highest BCUT2D eigenvalue weighted by molar-refractivity contribution is 6.28. The van der Waals surface area contributed by atoms with E-state index in [9.17, 15) is 0 Å². The van der Waals surface area contributed by atoms with Gasteiger partial charge in [-0.1, -0.05) is 35.5 Å². The number of hydrogen-bond donors (Lipinski definition) is 0. The van der Waals surface area contributed by atoms with Crippen LogP contribution in [0, 0.1) is 0 Å². The van der Waals surface area contributed by atoms with Crippen LogP contribution in [0.2, 0.25) is 5.22 Å². The molecule has 0 saturated carbocycles. The average Bonchev–Trinajstić information content (AvgIpc) is 2.63. The lowest BCUT2D eigenvalue weighted by atomic mass is 10.1. The van der Waals surface area contributed by atoms with E-state index in [0.29, 0.717) is 5.22 Å². The molecule has 72 valence electrons. The fraction of sp³-hybridized carbons (Fsp3) is 0.182. The zero-order valence-corrected chi connectivity index (χ0v) is 8.37. The Hall–Kier alpha value is -1.28. The van der Waals surface area contributed by atoms with Gasteiger partial charge in [0.2, 0.25) is 5.22 Å². The molecule has 14 heavy (non-hydrogen) atoms. The SMILES string of the molecule is Clc1cc(CCc2ccccc2)no1. The van der Waals surface area contributed by atoms with Crippen molar-refractivity contribution >= 4 is 11.6 Å². The van der Waals surface area contributed by atoms with E-state index < -0.39 is 0 Å². The quantitative estimate of drug-likeness (QED) is 0.773. The number of benzene rings is 1. The van der Waals surface area contributed by atoms with Gasteiger partial charge in [-0.25, -0.2) is 0 Å². The van der Waals surface area contributed by atoms with E-state index in [4.69, 9.17) is 16.1 Å². The van der Waals surface area contributed by atoms with Crippen molar-refractivity contribution in [3.63, 3.8) is 0 Å². The summed E-state index contributed by atoms with van der Waals surface area (Å²) in [6.45, 7) is 0. The molecule has 2 rings (SSSR count). The molecule has 0 aliphatic carbocycles. The van der Waals surface area contributed by atoms with Gasteiger partial charge in [0, 0.05) is 6.07 Å². The second-order valence-electron chi connectivity index (χ2n) is 3.11. The van der Waals surface area contributed by atoms with Crippen LogP contribution >= 0.6 is 11.6 Å². The van der Waals surface area contributed by atoms with Crippen LogP contribution in [-0.2, 0) is 12.8 Å². The highest BCUT2D eigenvalue weighted by Crippen LogP contribution is 2.11. The molecule has 1 aromatic carbocycles. The first kappa shape index (κ1) is 9.28. The molecule has 0 spiro atoms. The Morgan fingerprint density at radius 2 is 1.93 bits per heavy atom. The van der Waals surface area contributed by atoms with Crippen LogP contribution in [0.25, 0.3) is 0 Å². The van der Waals surface area contributed by atoms with E-state index in [0.717, 1.165) is 18.5 Å². The zero-order chi connectivity index (χ0) is 9.80. The fourth-order valence-electron chi connectivity index (χ4n) is 1.32. The fourth-order valence-corrected chi connectivity index (χ4v) is 1.48. The summed E-state index contributed by atoms with van der Waals surface area (Å²) in [6, 6.07) is 12.0. The van der Waals surface area contributed by atoms with E-state index >= 15 is 0 Å². The zero-order valence-electron chi connectivity index (χ0n) is 7.61. The molecular formula is C11H10ClNO. The third-order valence-electron chi connectivity index (χ3n) is 2.04. The normalized spacial score (nSPS) is 10.4. The second kappa shape index (κ2) is 4.29. The van der Waals surface area contributed by atoms with E-state index in [1.165, 1.54) is 5.56 Å². The number of aromatic nitrogens is 1. The molecule has 1 aromatic heterocycles. The Kier molecular flexibility index (Phi) is 2.84. The smallest absolute Gasteiger partial charge is 0.226 e. The molecule has 3 heteroatoms. The Bertz CT molecular complexity index is 397. The topological polar surface area (TPSA) is 26.0 Å². The van der Waals surface area contributed by atoms with Gasteiger partial charge < -0.3 is 4.52 Å². The third kappa shape index (κ3) is 2.36. The highest BCUT2D eigenvalue weighted by atomic mass is 35.5. The van der Waals surface area contributed by atoms with Crippen LogP contribution in [0.15, 0.2) is 40.9 Å². The summed E-state index contributed by atoms with van der Waals surface area (Å²) in [6.07, 6.45) is 1.82. The summed E-state index contributed by atoms with van der Waals surface area (Å²) in [5, 5.41) is 4.18. The number of hydrogen-bond acceptors (Lipinski definition) is 2. The van der Waals surface area contributed by atoms with Crippen LogP contribution in [0.1, 0.15) is 11.3 Å². The first-order valence-electron chi connectivity index (χ1n) is 4.49. The molecule has 0 N–H and O–H groups in total. The van der Waals surface area contributed by atoms with Gasteiger partial charge in [0.15, 0.2) is 0 Å². The van der Waals surface area contributed by atoms with E-state index in [1.54, 1.807) is 6.07 Å². The first-order valence-corrected chi connectivity index (χ1v) is 4.87. The van der Waals surface area contributed by atoms with Crippen molar-refractivity contribution in [2.75, 3.05) is 0 Å². The molecule has 2 aromatic rings. The summed E-state index contributed by atoms with van der Waals surface area (Å²) < 4.78 is 4.77. The molecular weight excluding hydrogens is 198 g/mol. The second-order valence-corrected chi connectivity index (χ2v) is 3.48. The van der Waals surface area contributed by atoms with Gasteiger partial charge in [-0.3, -0.25) is 0 Å². The van der Waals surface area contributed by atoms with Crippen molar-refractivity contribution in [1.82, 2.24) is 5.16 Å². The minimum absolute atomic E-state index is 0.355. The largest absolute Gasteiger partial charge is 0.344 e. The standard InChI is InChI=1S/C11H10ClNO/c12-11-8-10(13-14-11)7-6-9-4-2-1-3-5-9/h1-5,8H,6-7H2. The Balaban J connectivity index is 1.95. The molecule has 0 unspecified atom stereocenters. The van der Waals surface area contributed by atoms with Crippen molar-refractivity contribution in [2.45, 2.75) is 12.8 Å². The maximum absolute atomic E-state index is 5.61. The minimum Gasteiger partial charge on any atom is -0.344 e. The van der Waals surface area contributed by atoms with Gasteiger partial charge in [-0.05, 0) is 30.0 Å². The molecule has 2 nitrogen and oxygen atoms in total. The van der Waals surface area contributed by atoms with Crippen molar-refractivity contribution < 1.29 is 4.52 Å². The maximum atomic E-state index is 5.61. The van der Waals surface area contributed by atoms with Gasteiger partial charge in [0.1, 0.15) is 0 Å². The van der Waals surface area contributed by atoms with E-state index in [2.05, 4.69) is 17.3 Å². The van der Waals surface area contributed by atoms with Crippen LogP contribution < -0.4 is 0 Å². The van der Waals surface area contributed by atoms with Gasteiger partial charge >= 0.3 is 0 Å². The lowest BCUT2D eigenvalue weighted by Crippen LogP contribution is -1.90. The van der Waals surface area contributed by atoms with E-state index in [1.807, 2.05) is 18.2 Å². The highest BCUT2D eigenvalue weighted by Gasteiger charge is 2.01. The molecule has 0 fully saturated rings.